The summed E-state index contributed by atoms with van der Waals surface area (Å²) >= 11 is 0. The molecule has 21 heavy (non-hydrogen) atoms. The van der Waals surface area contributed by atoms with E-state index in [4.69, 9.17) is 9.47 Å². The largest absolute Gasteiger partial charge is 0.492 e. The summed E-state index contributed by atoms with van der Waals surface area (Å²) in [6.07, 6.45) is 1.52. The zero-order valence-electron chi connectivity index (χ0n) is 13.1. The predicted molar refractivity (Wildman–Crippen MR) is 82.6 cm³/mol. The molecule has 0 radical (unpaired) electrons. The predicted octanol–water partition coefficient (Wildman–Crippen LogP) is 2.66. The summed E-state index contributed by atoms with van der Waals surface area (Å²) < 4.78 is 11.0. The van der Waals surface area contributed by atoms with Gasteiger partial charge in [0.05, 0.1) is 6.54 Å². The van der Waals surface area contributed by atoms with Crippen LogP contribution in [0, 0.1) is 0 Å². The number of carbonyl (C=O) groups excluding carboxylic acids is 1. The normalized spacial score (nSPS) is 18.5. The van der Waals surface area contributed by atoms with Crippen molar-refractivity contribution in [3.8, 4) is 5.75 Å². The Balaban J connectivity index is 1.70. The van der Waals surface area contributed by atoms with Crippen LogP contribution in [0.15, 0.2) is 24.3 Å². The van der Waals surface area contributed by atoms with Crippen molar-refractivity contribution in [2.24, 2.45) is 0 Å². The van der Waals surface area contributed by atoms with Crippen LogP contribution in [-0.4, -0.2) is 31.8 Å². The van der Waals surface area contributed by atoms with Crippen LogP contribution in [0.25, 0.3) is 0 Å². The molecule has 116 valence electrons. The third-order valence-electron chi connectivity index (χ3n) is 3.61. The Morgan fingerprint density at radius 3 is 2.62 bits per heavy atom. The Kier molecular flexibility index (Phi) is 5.23. The number of rotatable bonds is 5. The van der Waals surface area contributed by atoms with Crippen LogP contribution in [0.3, 0.4) is 0 Å². The van der Waals surface area contributed by atoms with E-state index in [2.05, 4.69) is 38.2 Å². The number of hydrogen-bond donors (Lipinski definition) is 1. The highest BCUT2D eigenvalue weighted by Crippen LogP contribution is 2.24. The van der Waals surface area contributed by atoms with Gasteiger partial charge in [-0.15, -0.1) is 0 Å². The van der Waals surface area contributed by atoms with E-state index < -0.39 is 0 Å². The van der Waals surface area contributed by atoms with E-state index in [0.717, 1.165) is 18.6 Å². The molecule has 1 amide bonds. The molecule has 1 fully saturated rings. The SMILES string of the molecule is CC(C)(C)c1ccc(OCCNC(=O)[C@H]2CCCO2)cc1. The summed E-state index contributed by atoms with van der Waals surface area (Å²) in [7, 11) is 0. The van der Waals surface area contributed by atoms with Gasteiger partial charge in [0, 0.05) is 6.61 Å². The van der Waals surface area contributed by atoms with Crippen molar-refractivity contribution in [1.29, 1.82) is 0 Å². The van der Waals surface area contributed by atoms with Gasteiger partial charge >= 0.3 is 0 Å². The summed E-state index contributed by atoms with van der Waals surface area (Å²) in [6, 6.07) is 8.12. The number of amides is 1. The molecule has 1 heterocycles. The number of nitrogens with one attached hydrogen (secondary N) is 1. The second kappa shape index (κ2) is 6.94. The van der Waals surface area contributed by atoms with Crippen LogP contribution in [-0.2, 0) is 14.9 Å². The smallest absolute Gasteiger partial charge is 0.249 e. The topological polar surface area (TPSA) is 47.6 Å². The fraction of sp³-hybridized carbons (Fsp3) is 0.588. The maximum atomic E-state index is 11.7. The van der Waals surface area contributed by atoms with Crippen molar-refractivity contribution in [2.75, 3.05) is 19.8 Å². The highest BCUT2D eigenvalue weighted by molar-refractivity contribution is 5.80. The average molecular weight is 291 g/mol. The molecular formula is C17H25NO3. The monoisotopic (exact) mass is 291 g/mol. The minimum absolute atomic E-state index is 0.0285. The Morgan fingerprint density at radius 1 is 1.33 bits per heavy atom. The molecule has 0 unspecified atom stereocenters. The van der Waals surface area contributed by atoms with Crippen molar-refractivity contribution in [3.05, 3.63) is 29.8 Å². The lowest BCUT2D eigenvalue weighted by Gasteiger charge is -2.19. The molecule has 0 saturated carbocycles. The molecule has 1 N–H and O–H groups in total. The lowest BCUT2D eigenvalue weighted by atomic mass is 9.87. The molecule has 2 rings (SSSR count). The first-order chi connectivity index (χ1) is 9.97. The van der Waals surface area contributed by atoms with Gasteiger partial charge in [0.1, 0.15) is 18.5 Å². The minimum Gasteiger partial charge on any atom is -0.492 e. The van der Waals surface area contributed by atoms with E-state index in [1.165, 1.54) is 5.56 Å². The van der Waals surface area contributed by atoms with Gasteiger partial charge in [-0.3, -0.25) is 4.79 Å². The van der Waals surface area contributed by atoms with Crippen LogP contribution in [0.2, 0.25) is 0 Å². The number of benzene rings is 1. The number of ether oxygens (including phenoxy) is 2. The highest BCUT2D eigenvalue weighted by Gasteiger charge is 2.22. The minimum atomic E-state index is -0.268. The molecule has 1 aromatic carbocycles. The van der Waals surface area contributed by atoms with E-state index >= 15 is 0 Å². The molecule has 1 saturated heterocycles. The second-order valence-electron chi connectivity index (χ2n) is 6.42. The fourth-order valence-electron chi connectivity index (χ4n) is 2.29. The molecule has 4 heteroatoms. The van der Waals surface area contributed by atoms with Gasteiger partial charge in [0.2, 0.25) is 5.91 Å². The van der Waals surface area contributed by atoms with Gasteiger partial charge in [-0.1, -0.05) is 32.9 Å². The van der Waals surface area contributed by atoms with E-state index in [0.29, 0.717) is 19.8 Å². The third kappa shape index (κ3) is 4.74. The Morgan fingerprint density at radius 2 is 2.05 bits per heavy atom. The molecule has 1 atom stereocenters. The van der Waals surface area contributed by atoms with E-state index in [1.807, 2.05) is 12.1 Å². The van der Waals surface area contributed by atoms with Crippen LogP contribution < -0.4 is 10.1 Å². The molecule has 0 spiro atoms. The summed E-state index contributed by atoms with van der Waals surface area (Å²) in [5, 5.41) is 2.84. The lowest BCUT2D eigenvalue weighted by molar-refractivity contribution is -0.130. The average Bonchev–Trinajstić information content (AvgIpc) is 2.97. The van der Waals surface area contributed by atoms with Gasteiger partial charge in [0.25, 0.3) is 0 Å². The van der Waals surface area contributed by atoms with Crippen LogP contribution >= 0.6 is 0 Å². The highest BCUT2D eigenvalue weighted by atomic mass is 16.5. The van der Waals surface area contributed by atoms with Gasteiger partial charge in [-0.2, -0.15) is 0 Å². The maximum absolute atomic E-state index is 11.7. The van der Waals surface area contributed by atoms with Crippen LogP contribution in [0.5, 0.6) is 5.75 Å². The van der Waals surface area contributed by atoms with Gasteiger partial charge in [0.15, 0.2) is 0 Å². The Hall–Kier alpha value is -1.55. The van der Waals surface area contributed by atoms with Crippen molar-refractivity contribution >= 4 is 5.91 Å². The first kappa shape index (κ1) is 15.8. The molecule has 0 aromatic heterocycles. The molecule has 1 aromatic rings. The first-order valence-electron chi connectivity index (χ1n) is 7.59. The molecule has 1 aliphatic heterocycles. The molecule has 1 aliphatic rings. The van der Waals surface area contributed by atoms with Crippen molar-refractivity contribution < 1.29 is 14.3 Å². The maximum Gasteiger partial charge on any atom is 0.249 e. The third-order valence-corrected chi connectivity index (χ3v) is 3.61. The van der Waals surface area contributed by atoms with Crippen LogP contribution in [0.1, 0.15) is 39.2 Å². The van der Waals surface area contributed by atoms with E-state index in [1.54, 1.807) is 0 Å². The summed E-state index contributed by atoms with van der Waals surface area (Å²) in [4.78, 5) is 11.7. The summed E-state index contributed by atoms with van der Waals surface area (Å²) in [6.45, 7) is 8.21. The molecule has 0 aliphatic carbocycles. The van der Waals surface area contributed by atoms with Gasteiger partial charge < -0.3 is 14.8 Å². The lowest BCUT2D eigenvalue weighted by Crippen LogP contribution is -2.36. The second-order valence-corrected chi connectivity index (χ2v) is 6.42. The Labute approximate surface area is 126 Å². The van der Waals surface area contributed by atoms with E-state index in [9.17, 15) is 4.79 Å². The van der Waals surface area contributed by atoms with E-state index in [-0.39, 0.29) is 17.4 Å². The zero-order chi connectivity index (χ0) is 15.3. The number of hydrogen-bond acceptors (Lipinski definition) is 3. The fourth-order valence-corrected chi connectivity index (χ4v) is 2.29. The van der Waals surface area contributed by atoms with Gasteiger partial charge in [-0.05, 0) is 36.0 Å². The molecule has 0 bridgehead atoms. The number of carbonyl (C=O) groups is 1. The van der Waals surface area contributed by atoms with Crippen molar-refractivity contribution in [2.45, 2.75) is 45.1 Å². The van der Waals surface area contributed by atoms with Crippen LogP contribution in [0.4, 0.5) is 0 Å². The quantitative estimate of drug-likeness (QED) is 0.848. The summed E-state index contributed by atoms with van der Waals surface area (Å²) in [5.41, 5.74) is 1.43. The standard InChI is InChI=1S/C17H25NO3/c1-17(2,3)13-6-8-14(9-7-13)20-12-10-18-16(19)15-5-4-11-21-15/h6-9,15H,4-5,10-12H2,1-3H3,(H,18,19)/t15-/m1/s1. The summed E-state index contributed by atoms with van der Waals surface area (Å²) in [5.74, 6) is 0.800. The Bertz CT molecular complexity index is 456. The zero-order valence-corrected chi connectivity index (χ0v) is 13.1. The molecular weight excluding hydrogens is 266 g/mol. The molecule has 4 nitrogen and oxygen atoms in total. The van der Waals surface area contributed by atoms with Gasteiger partial charge in [-0.25, -0.2) is 0 Å². The van der Waals surface area contributed by atoms with Crippen molar-refractivity contribution in [1.82, 2.24) is 5.32 Å². The van der Waals surface area contributed by atoms with Crippen molar-refractivity contribution in [3.63, 3.8) is 0 Å². The first-order valence-corrected chi connectivity index (χ1v) is 7.59.